The zero-order valence-electron chi connectivity index (χ0n) is 12.6. The van der Waals surface area contributed by atoms with Crippen LogP contribution in [0.15, 0.2) is 24.3 Å². The van der Waals surface area contributed by atoms with Gasteiger partial charge in [0.15, 0.2) is 0 Å². The first-order valence-electron chi connectivity index (χ1n) is 6.77. The zero-order chi connectivity index (χ0) is 15.2. The Morgan fingerprint density at radius 3 is 2.40 bits per heavy atom. The Kier molecular flexibility index (Phi) is 5.82. The van der Waals surface area contributed by atoms with E-state index in [-0.39, 0.29) is 11.8 Å². The molecule has 1 unspecified atom stereocenters. The number of phenolic OH excluding ortho intramolecular Hbond substituents is 1. The molecule has 20 heavy (non-hydrogen) atoms. The second-order valence-electron chi connectivity index (χ2n) is 5.70. The molecule has 0 saturated carbocycles. The molecule has 1 rings (SSSR count). The number of alkyl carbamates (subject to hydrolysis) is 1. The second kappa shape index (κ2) is 7.14. The Morgan fingerprint density at radius 2 is 1.85 bits per heavy atom. The SMILES string of the molecule is CC(NCCNC(=O)OC(C)(C)C)c1ccc(O)cc1. The van der Waals surface area contributed by atoms with Crippen molar-refractivity contribution in [2.24, 2.45) is 0 Å². The van der Waals surface area contributed by atoms with E-state index in [9.17, 15) is 9.90 Å². The van der Waals surface area contributed by atoms with E-state index in [0.717, 1.165) is 5.56 Å². The molecular weight excluding hydrogens is 256 g/mol. The van der Waals surface area contributed by atoms with Crippen molar-refractivity contribution >= 4 is 6.09 Å². The molecule has 0 aromatic heterocycles. The highest BCUT2D eigenvalue weighted by atomic mass is 16.6. The van der Waals surface area contributed by atoms with Crippen molar-refractivity contribution in [1.82, 2.24) is 10.6 Å². The lowest BCUT2D eigenvalue weighted by Gasteiger charge is -2.20. The molecule has 1 amide bonds. The molecule has 5 nitrogen and oxygen atoms in total. The molecule has 0 aliphatic rings. The van der Waals surface area contributed by atoms with Gasteiger partial charge in [-0.25, -0.2) is 4.79 Å². The molecule has 0 radical (unpaired) electrons. The minimum absolute atomic E-state index is 0.149. The fourth-order valence-corrected chi connectivity index (χ4v) is 1.65. The minimum Gasteiger partial charge on any atom is -0.508 e. The number of carbonyl (C=O) groups is 1. The topological polar surface area (TPSA) is 70.6 Å². The molecule has 3 N–H and O–H groups in total. The van der Waals surface area contributed by atoms with Crippen molar-refractivity contribution < 1.29 is 14.6 Å². The molecule has 0 spiro atoms. The highest BCUT2D eigenvalue weighted by Gasteiger charge is 2.15. The molecule has 0 aliphatic carbocycles. The van der Waals surface area contributed by atoms with Gasteiger partial charge in [-0.2, -0.15) is 0 Å². The van der Waals surface area contributed by atoms with Gasteiger partial charge >= 0.3 is 6.09 Å². The van der Waals surface area contributed by atoms with Gasteiger partial charge in [-0.3, -0.25) is 0 Å². The predicted molar refractivity (Wildman–Crippen MR) is 78.8 cm³/mol. The lowest BCUT2D eigenvalue weighted by molar-refractivity contribution is 0.0528. The number of amides is 1. The van der Waals surface area contributed by atoms with Crippen LogP contribution in [0.4, 0.5) is 4.79 Å². The summed E-state index contributed by atoms with van der Waals surface area (Å²) in [6.07, 6.45) is -0.406. The molecule has 1 atom stereocenters. The lowest BCUT2D eigenvalue weighted by atomic mass is 10.1. The summed E-state index contributed by atoms with van der Waals surface area (Å²) >= 11 is 0. The van der Waals surface area contributed by atoms with E-state index in [1.807, 2.05) is 39.8 Å². The number of carbonyl (C=O) groups excluding carboxylic acids is 1. The number of hydrogen-bond acceptors (Lipinski definition) is 4. The van der Waals surface area contributed by atoms with Gasteiger partial charge in [-0.05, 0) is 45.4 Å². The van der Waals surface area contributed by atoms with Gasteiger partial charge in [0.2, 0.25) is 0 Å². The van der Waals surface area contributed by atoms with Gasteiger partial charge in [0.05, 0.1) is 0 Å². The Labute approximate surface area is 120 Å². The zero-order valence-corrected chi connectivity index (χ0v) is 12.6. The summed E-state index contributed by atoms with van der Waals surface area (Å²) < 4.78 is 5.14. The van der Waals surface area contributed by atoms with E-state index >= 15 is 0 Å². The number of rotatable bonds is 5. The molecule has 0 aliphatic heterocycles. The van der Waals surface area contributed by atoms with Crippen molar-refractivity contribution in [1.29, 1.82) is 0 Å². The summed E-state index contributed by atoms with van der Waals surface area (Å²) in [7, 11) is 0. The average Bonchev–Trinajstić information content (AvgIpc) is 2.33. The number of hydrogen-bond donors (Lipinski definition) is 3. The van der Waals surface area contributed by atoms with Gasteiger partial charge in [-0.1, -0.05) is 12.1 Å². The molecule has 1 aromatic rings. The standard InChI is InChI=1S/C15H24N2O3/c1-11(12-5-7-13(18)8-6-12)16-9-10-17-14(19)20-15(2,3)4/h5-8,11,16,18H,9-10H2,1-4H3,(H,17,19). The molecule has 1 aromatic carbocycles. The smallest absolute Gasteiger partial charge is 0.407 e. The van der Waals surface area contributed by atoms with Crippen LogP contribution in [-0.2, 0) is 4.74 Å². The summed E-state index contributed by atoms with van der Waals surface area (Å²) in [5, 5.41) is 15.2. The Morgan fingerprint density at radius 1 is 1.25 bits per heavy atom. The van der Waals surface area contributed by atoms with Crippen LogP contribution in [-0.4, -0.2) is 29.9 Å². The highest BCUT2D eigenvalue weighted by molar-refractivity contribution is 5.67. The number of aromatic hydroxyl groups is 1. The van der Waals surface area contributed by atoms with Crippen molar-refractivity contribution in [3.8, 4) is 5.75 Å². The van der Waals surface area contributed by atoms with Gasteiger partial charge in [0, 0.05) is 19.1 Å². The summed E-state index contributed by atoms with van der Waals surface area (Å²) in [5.41, 5.74) is 0.608. The predicted octanol–water partition coefficient (Wildman–Crippen LogP) is 2.57. The van der Waals surface area contributed by atoms with Crippen molar-refractivity contribution in [3.05, 3.63) is 29.8 Å². The van der Waals surface area contributed by atoms with Crippen LogP contribution in [0, 0.1) is 0 Å². The highest BCUT2D eigenvalue weighted by Crippen LogP contribution is 2.15. The fraction of sp³-hybridized carbons (Fsp3) is 0.533. The van der Waals surface area contributed by atoms with Crippen LogP contribution in [0.5, 0.6) is 5.75 Å². The monoisotopic (exact) mass is 280 g/mol. The fourth-order valence-electron chi connectivity index (χ4n) is 1.65. The molecule has 112 valence electrons. The van der Waals surface area contributed by atoms with E-state index in [4.69, 9.17) is 4.74 Å². The van der Waals surface area contributed by atoms with Crippen LogP contribution in [0.2, 0.25) is 0 Å². The third-order valence-electron chi connectivity index (χ3n) is 2.64. The van der Waals surface area contributed by atoms with Crippen LogP contribution in [0.1, 0.15) is 39.3 Å². The Hall–Kier alpha value is -1.75. The summed E-state index contributed by atoms with van der Waals surface area (Å²) in [6, 6.07) is 7.21. The van der Waals surface area contributed by atoms with Crippen LogP contribution >= 0.6 is 0 Å². The summed E-state index contributed by atoms with van der Waals surface area (Å²) in [4.78, 5) is 11.4. The molecule has 0 saturated heterocycles. The molecule has 0 fully saturated rings. The number of phenols is 1. The number of benzene rings is 1. The molecule has 0 heterocycles. The van der Waals surface area contributed by atoms with Crippen molar-refractivity contribution in [2.45, 2.75) is 39.3 Å². The van der Waals surface area contributed by atoms with Crippen molar-refractivity contribution in [3.63, 3.8) is 0 Å². The van der Waals surface area contributed by atoms with Crippen LogP contribution < -0.4 is 10.6 Å². The van der Waals surface area contributed by atoms with E-state index in [2.05, 4.69) is 10.6 Å². The first-order valence-corrected chi connectivity index (χ1v) is 6.77. The largest absolute Gasteiger partial charge is 0.508 e. The summed E-state index contributed by atoms with van der Waals surface area (Å²) in [5.74, 6) is 0.257. The Balaban J connectivity index is 2.24. The van der Waals surface area contributed by atoms with E-state index in [0.29, 0.717) is 13.1 Å². The second-order valence-corrected chi connectivity index (χ2v) is 5.70. The number of ether oxygens (including phenoxy) is 1. The average molecular weight is 280 g/mol. The normalized spacial score (nSPS) is 12.8. The molecular formula is C15H24N2O3. The molecule has 5 heteroatoms. The Bertz CT molecular complexity index is 424. The van der Waals surface area contributed by atoms with Crippen molar-refractivity contribution in [2.75, 3.05) is 13.1 Å². The third kappa shape index (κ3) is 6.43. The maximum absolute atomic E-state index is 11.4. The first-order chi connectivity index (χ1) is 9.28. The third-order valence-corrected chi connectivity index (χ3v) is 2.64. The first kappa shape index (κ1) is 16.3. The van der Waals surface area contributed by atoms with Crippen LogP contribution in [0.3, 0.4) is 0 Å². The van der Waals surface area contributed by atoms with Gasteiger partial charge in [0.25, 0.3) is 0 Å². The quantitative estimate of drug-likeness (QED) is 0.725. The van der Waals surface area contributed by atoms with Crippen LogP contribution in [0.25, 0.3) is 0 Å². The number of nitrogens with one attached hydrogen (secondary N) is 2. The van der Waals surface area contributed by atoms with Gasteiger partial charge in [-0.15, -0.1) is 0 Å². The lowest BCUT2D eigenvalue weighted by Crippen LogP contribution is -2.36. The minimum atomic E-state index is -0.475. The van der Waals surface area contributed by atoms with Gasteiger partial charge in [0.1, 0.15) is 11.4 Å². The van der Waals surface area contributed by atoms with E-state index < -0.39 is 11.7 Å². The maximum Gasteiger partial charge on any atom is 0.407 e. The summed E-state index contributed by atoms with van der Waals surface area (Å²) in [6.45, 7) is 8.66. The maximum atomic E-state index is 11.4. The van der Waals surface area contributed by atoms with Gasteiger partial charge < -0.3 is 20.5 Å². The van der Waals surface area contributed by atoms with E-state index in [1.54, 1.807) is 12.1 Å². The molecule has 0 bridgehead atoms. The van der Waals surface area contributed by atoms with E-state index in [1.165, 1.54) is 0 Å².